The summed E-state index contributed by atoms with van der Waals surface area (Å²) >= 11 is 3.17. The molecule has 0 aliphatic heterocycles. The van der Waals surface area contributed by atoms with E-state index in [0.717, 1.165) is 15.8 Å². The van der Waals surface area contributed by atoms with Crippen LogP contribution in [0.3, 0.4) is 0 Å². The van der Waals surface area contributed by atoms with E-state index in [1.54, 1.807) is 11.8 Å². The van der Waals surface area contributed by atoms with E-state index in [9.17, 15) is 4.79 Å². The van der Waals surface area contributed by atoms with Gasteiger partial charge in [-0.25, -0.2) is 0 Å². The van der Waals surface area contributed by atoms with E-state index in [4.69, 9.17) is 6.42 Å². The number of thioether (sulfide) groups is 1. The van der Waals surface area contributed by atoms with Gasteiger partial charge in [-0.05, 0) is 36.1 Å². The van der Waals surface area contributed by atoms with Gasteiger partial charge < -0.3 is 4.57 Å². The Morgan fingerprint density at radius 1 is 1.25 bits per heavy atom. The predicted octanol–water partition coefficient (Wildman–Crippen LogP) is 3.73. The summed E-state index contributed by atoms with van der Waals surface area (Å²) < 4.78 is 2.98. The maximum absolute atomic E-state index is 12.3. The van der Waals surface area contributed by atoms with Crippen LogP contribution in [0, 0.1) is 12.3 Å². The van der Waals surface area contributed by atoms with E-state index in [1.807, 2.05) is 59.4 Å². The van der Waals surface area contributed by atoms with Crippen LogP contribution in [0.1, 0.15) is 5.56 Å². The molecule has 120 valence electrons. The summed E-state index contributed by atoms with van der Waals surface area (Å²) in [4.78, 5) is 18.5. The van der Waals surface area contributed by atoms with E-state index in [-0.39, 0.29) is 5.91 Å². The fourth-order valence-corrected chi connectivity index (χ4v) is 3.87. The average Bonchev–Trinajstić information content (AvgIpc) is 2.93. The Morgan fingerprint density at radius 3 is 2.71 bits per heavy atom. The van der Waals surface area contributed by atoms with Crippen LogP contribution >= 0.6 is 23.1 Å². The maximum atomic E-state index is 12.3. The molecule has 5 heteroatoms. The van der Waals surface area contributed by atoms with E-state index < -0.39 is 0 Å². The van der Waals surface area contributed by atoms with Crippen LogP contribution in [0.4, 0.5) is 0 Å². The molecular weight excluding hydrogens is 336 g/mol. The Kier molecular flexibility index (Phi) is 5.19. The van der Waals surface area contributed by atoms with Gasteiger partial charge in [-0.1, -0.05) is 41.5 Å². The molecule has 0 unspecified atom stereocenters. The highest BCUT2D eigenvalue weighted by atomic mass is 32.2. The van der Waals surface area contributed by atoms with Gasteiger partial charge >= 0.3 is 0 Å². The third-order valence-corrected chi connectivity index (χ3v) is 5.38. The normalized spacial score (nSPS) is 11.6. The minimum absolute atomic E-state index is 0.163. The first-order chi connectivity index (χ1) is 11.7. The fraction of sp³-hybridized carbons (Fsp3) is 0.158. The lowest BCUT2D eigenvalue weighted by Crippen LogP contribution is -2.17. The van der Waals surface area contributed by atoms with Gasteiger partial charge in [0.15, 0.2) is 4.80 Å². The Morgan fingerprint density at radius 2 is 2.00 bits per heavy atom. The highest BCUT2D eigenvalue weighted by Gasteiger charge is 2.07. The van der Waals surface area contributed by atoms with Crippen LogP contribution in [-0.2, 0) is 17.8 Å². The fourth-order valence-electron chi connectivity index (χ4n) is 2.41. The zero-order valence-corrected chi connectivity index (χ0v) is 14.9. The van der Waals surface area contributed by atoms with Crippen LogP contribution in [0.15, 0.2) is 58.4 Å². The first-order valence-corrected chi connectivity index (χ1v) is 9.47. The number of hydrogen-bond donors (Lipinski definition) is 0. The number of benzene rings is 2. The van der Waals surface area contributed by atoms with E-state index in [1.165, 1.54) is 16.2 Å². The van der Waals surface area contributed by atoms with E-state index >= 15 is 0 Å². The Bertz CT molecular complexity index is 975. The van der Waals surface area contributed by atoms with Crippen LogP contribution in [0.25, 0.3) is 10.2 Å². The van der Waals surface area contributed by atoms with Crippen molar-refractivity contribution in [2.24, 2.45) is 4.99 Å². The van der Waals surface area contributed by atoms with Crippen molar-refractivity contribution in [2.45, 2.75) is 17.9 Å². The molecule has 0 bridgehead atoms. The van der Waals surface area contributed by atoms with Crippen molar-refractivity contribution < 1.29 is 4.79 Å². The zero-order valence-electron chi connectivity index (χ0n) is 13.2. The molecule has 1 amide bonds. The lowest BCUT2D eigenvalue weighted by molar-refractivity contribution is -0.117. The molecule has 0 atom stereocenters. The largest absolute Gasteiger partial charge is 0.305 e. The molecule has 2 aromatic carbocycles. The standard InChI is InChI=1S/C19H16N2OS2/c1-3-12-21-16-6-4-5-7-17(16)24-19(21)20-18(22)13-14-8-10-15(23-2)11-9-14/h1,4-11H,12-13H2,2H3. The van der Waals surface area contributed by atoms with Gasteiger partial charge in [-0.2, -0.15) is 4.99 Å². The van der Waals surface area contributed by atoms with Crippen LogP contribution in [-0.4, -0.2) is 16.7 Å². The van der Waals surface area contributed by atoms with Crippen molar-refractivity contribution in [2.75, 3.05) is 6.26 Å². The number of amides is 1. The second-order valence-electron chi connectivity index (χ2n) is 5.17. The first kappa shape index (κ1) is 16.6. The van der Waals surface area contributed by atoms with Crippen LogP contribution < -0.4 is 4.80 Å². The average molecular weight is 352 g/mol. The molecule has 0 aliphatic rings. The van der Waals surface area contributed by atoms with Crippen molar-refractivity contribution in [3.05, 3.63) is 58.9 Å². The molecule has 1 heterocycles. The Hall–Kier alpha value is -2.29. The molecule has 3 aromatic rings. The van der Waals surface area contributed by atoms with Crippen molar-refractivity contribution in [3.8, 4) is 12.3 Å². The van der Waals surface area contributed by atoms with Crippen molar-refractivity contribution >= 4 is 39.2 Å². The molecule has 0 radical (unpaired) electrons. The van der Waals surface area contributed by atoms with Crippen molar-refractivity contribution in [3.63, 3.8) is 0 Å². The summed E-state index contributed by atoms with van der Waals surface area (Å²) in [5, 5.41) is 0. The topological polar surface area (TPSA) is 34.4 Å². The minimum atomic E-state index is -0.163. The zero-order chi connectivity index (χ0) is 16.9. The number of hydrogen-bond acceptors (Lipinski definition) is 3. The molecule has 0 saturated heterocycles. The lowest BCUT2D eigenvalue weighted by atomic mass is 10.1. The van der Waals surface area contributed by atoms with E-state index in [0.29, 0.717) is 17.8 Å². The number of para-hydroxylation sites is 1. The number of carbonyl (C=O) groups is 1. The van der Waals surface area contributed by atoms with Gasteiger partial charge in [0.25, 0.3) is 5.91 Å². The number of carbonyl (C=O) groups excluding carboxylic acids is 1. The van der Waals surface area contributed by atoms with Gasteiger partial charge in [0.05, 0.1) is 23.2 Å². The number of terminal acetylenes is 1. The number of thiazole rings is 1. The molecule has 0 spiro atoms. The lowest BCUT2D eigenvalue weighted by Gasteiger charge is -2.01. The molecule has 0 aliphatic carbocycles. The number of aromatic nitrogens is 1. The van der Waals surface area contributed by atoms with Crippen LogP contribution in [0.2, 0.25) is 0 Å². The summed E-state index contributed by atoms with van der Waals surface area (Å²) in [6.45, 7) is 0.401. The van der Waals surface area contributed by atoms with E-state index in [2.05, 4.69) is 10.9 Å². The number of rotatable bonds is 4. The first-order valence-electron chi connectivity index (χ1n) is 7.43. The smallest absolute Gasteiger partial charge is 0.252 e. The predicted molar refractivity (Wildman–Crippen MR) is 101 cm³/mol. The van der Waals surface area contributed by atoms with Crippen LogP contribution in [0.5, 0.6) is 0 Å². The summed E-state index contributed by atoms with van der Waals surface area (Å²) in [6, 6.07) is 15.9. The third kappa shape index (κ3) is 3.61. The molecular formula is C19H16N2OS2. The second-order valence-corrected chi connectivity index (χ2v) is 7.06. The van der Waals surface area contributed by atoms with Gasteiger partial charge in [0.2, 0.25) is 0 Å². The summed E-state index contributed by atoms with van der Waals surface area (Å²) in [5.74, 6) is 2.47. The number of fused-ring (bicyclic) bond motifs is 1. The molecule has 0 fully saturated rings. The molecule has 1 aromatic heterocycles. The van der Waals surface area contributed by atoms with Crippen molar-refractivity contribution in [1.29, 1.82) is 0 Å². The number of nitrogens with zero attached hydrogens (tertiary/aromatic N) is 2. The van der Waals surface area contributed by atoms with Gasteiger partial charge in [0.1, 0.15) is 0 Å². The van der Waals surface area contributed by atoms with Gasteiger partial charge in [-0.15, -0.1) is 18.2 Å². The maximum Gasteiger partial charge on any atom is 0.252 e. The Balaban J connectivity index is 1.92. The molecule has 3 rings (SSSR count). The Labute approximate surface area is 149 Å². The SMILES string of the molecule is C#CCn1c(=NC(=O)Cc2ccc(SC)cc2)sc2ccccc21. The monoisotopic (exact) mass is 352 g/mol. The molecule has 0 N–H and O–H groups in total. The highest BCUT2D eigenvalue weighted by Crippen LogP contribution is 2.17. The molecule has 3 nitrogen and oxygen atoms in total. The highest BCUT2D eigenvalue weighted by molar-refractivity contribution is 7.98. The van der Waals surface area contributed by atoms with Gasteiger partial charge in [-0.3, -0.25) is 4.79 Å². The molecule has 0 saturated carbocycles. The third-order valence-electron chi connectivity index (χ3n) is 3.57. The van der Waals surface area contributed by atoms with Crippen molar-refractivity contribution in [1.82, 2.24) is 4.57 Å². The second kappa shape index (κ2) is 7.52. The van der Waals surface area contributed by atoms with Gasteiger partial charge in [0, 0.05) is 4.90 Å². The molecule has 24 heavy (non-hydrogen) atoms. The summed E-state index contributed by atoms with van der Waals surface area (Å²) in [5.41, 5.74) is 1.97. The quantitative estimate of drug-likeness (QED) is 0.530. The summed E-state index contributed by atoms with van der Waals surface area (Å²) in [7, 11) is 0. The summed E-state index contributed by atoms with van der Waals surface area (Å²) in [6.07, 6.45) is 7.79. The minimum Gasteiger partial charge on any atom is -0.305 e.